The third-order valence-corrected chi connectivity index (χ3v) is 6.50. The molecule has 0 bridgehead atoms. The standard InChI is InChI=1S/C23H28N4O3S/c1-2-3-11-30-23(29)19(12-15-13-25-17-8-5-4-7-16(15)17)26-21(28)20-14-31-22(27-20)18-9-6-10-24-18/h4-5,7-8,13-14,18-19,24-25H,2-3,6,9-12H2,1H3,(H,26,28). The quantitative estimate of drug-likeness (QED) is 0.348. The first kappa shape index (κ1) is 21.5. The average Bonchev–Trinajstić information content (AvgIpc) is 3.53. The second-order valence-electron chi connectivity index (χ2n) is 7.83. The van der Waals surface area contributed by atoms with Gasteiger partial charge in [-0.25, -0.2) is 9.78 Å². The summed E-state index contributed by atoms with van der Waals surface area (Å²) >= 11 is 1.48. The molecule has 1 aromatic carbocycles. The van der Waals surface area contributed by atoms with Crippen molar-refractivity contribution in [2.45, 2.75) is 51.1 Å². The molecule has 8 heteroatoms. The van der Waals surface area contributed by atoms with Crippen LogP contribution in [0.5, 0.6) is 0 Å². The maximum Gasteiger partial charge on any atom is 0.328 e. The maximum atomic E-state index is 12.9. The predicted molar refractivity (Wildman–Crippen MR) is 121 cm³/mol. The Balaban J connectivity index is 1.49. The van der Waals surface area contributed by atoms with E-state index in [0.717, 1.165) is 53.7 Å². The van der Waals surface area contributed by atoms with E-state index in [4.69, 9.17) is 4.74 Å². The summed E-state index contributed by atoms with van der Waals surface area (Å²) in [6.07, 6.45) is 6.11. The van der Waals surface area contributed by atoms with E-state index in [1.165, 1.54) is 11.3 Å². The van der Waals surface area contributed by atoms with Gasteiger partial charge in [-0.2, -0.15) is 0 Å². The van der Waals surface area contributed by atoms with Crippen LogP contribution < -0.4 is 10.6 Å². The van der Waals surface area contributed by atoms with Crippen LogP contribution in [0.25, 0.3) is 10.9 Å². The van der Waals surface area contributed by atoms with Gasteiger partial charge < -0.3 is 20.4 Å². The minimum Gasteiger partial charge on any atom is -0.464 e. The summed E-state index contributed by atoms with van der Waals surface area (Å²) in [5, 5.41) is 9.97. The molecule has 4 rings (SSSR count). The van der Waals surface area contributed by atoms with E-state index < -0.39 is 12.0 Å². The molecule has 7 nitrogen and oxygen atoms in total. The number of para-hydroxylation sites is 1. The van der Waals surface area contributed by atoms with Crippen molar-refractivity contribution in [3.8, 4) is 0 Å². The fraction of sp³-hybridized carbons (Fsp3) is 0.435. The summed E-state index contributed by atoms with van der Waals surface area (Å²) in [6, 6.07) is 7.34. The van der Waals surface area contributed by atoms with Crippen LogP contribution >= 0.6 is 11.3 Å². The highest BCUT2D eigenvalue weighted by Gasteiger charge is 2.27. The van der Waals surface area contributed by atoms with Gasteiger partial charge in [0.15, 0.2) is 0 Å². The molecule has 1 amide bonds. The summed E-state index contributed by atoms with van der Waals surface area (Å²) in [6.45, 7) is 3.37. The summed E-state index contributed by atoms with van der Waals surface area (Å²) < 4.78 is 5.44. The molecule has 0 radical (unpaired) electrons. The van der Waals surface area contributed by atoms with Crippen molar-refractivity contribution in [2.75, 3.05) is 13.2 Å². The molecule has 1 fully saturated rings. The van der Waals surface area contributed by atoms with Gasteiger partial charge in [0.2, 0.25) is 0 Å². The van der Waals surface area contributed by atoms with Crippen LogP contribution in [-0.4, -0.2) is 41.0 Å². The summed E-state index contributed by atoms with van der Waals surface area (Å²) in [4.78, 5) is 33.4. The molecule has 0 saturated carbocycles. The second kappa shape index (κ2) is 10.1. The number of hydrogen-bond donors (Lipinski definition) is 3. The van der Waals surface area contributed by atoms with E-state index in [0.29, 0.717) is 18.7 Å². The lowest BCUT2D eigenvalue weighted by Crippen LogP contribution is -2.43. The molecule has 3 aromatic rings. The first-order valence-corrected chi connectivity index (χ1v) is 11.7. The number of hydrogen-bond acceptors (Lipinski definition) is 6. The van der Waals surface area contributed by atoms with Crippen LogP contribution in [0.4, 0.5) is 0 Å². The van der Waals surface area contributed by atoms with Gasteiger partial charge >= 0.3 is 5.97 Å². The van der Waals surface area contributed by atoms with E-state index in [1.54, 1.807) is 5.38 Å². The number of thiazole rings is 1. The lowest BCUT2D eigenvalue weighted by Gasteiger charge is -2.17. The van der Waals surface area contributed by atoms with E-state index in [9.17, 15) is 9.59 Å². The van der Waals surface area contributed by atoms with Gasteiger partial charge in [-0.05, 0) is 37.4 Å². The number of ether oxygens (including phenoxy) is 1. The zero-order valence-corrected chi connectivity index (χ0v) is 18.5. The van der Waals surface area contributed by atoms with Crippen molar-refractivity contribution >= 4 is 34.1 Å². The summed E-state index contributed by atoms with van der Waals surface area (Å²) in [5.74, 6) is -0.766. The first-order chi connectivity index (χ1) is 15.2. The molecule has 3 heterocycles. The number of unbranched alkanes of at least 4 members (excludes halogenated alkanes) is 1. The molecular formula is C23H28N4O3S. The Morgan fingerprint density at radius 1 is 1.35 bits per heavy atom. The van der Waals surface area contributed by atoms with E-state index in [2.05, 4.69) is 20.6 Å². The first-order valence-electron chi connectivity index (χ1n) is 10.9. The molecule has 164 valence electrons. The average molecular weight is 441 g/mol. The van der Waals surface area contributed by atoms with Crippen molar-refractivity contribution in [1.82, 2.24) is 20.6 Å². The number of esters is 1. The topological polar surface area (TPSA) is 96.1 Å². The fourth-order valence-electron chi connectivity index (χ4n) is 3.81. The Bertz CT molecular complexity index is 1040. The SMILES string of the molecule is CCCCOC(=O)C(Cc1c[nH]c2ccccc12)NC(=O)c1csc(C2CCCN2)n1. The highest BCUT2D eigenvalue weighted by atomic mass is 32.1. The number of H-pyrrole nitrogens is 1. The lowest BCUT2D eigenvalue weighted by atomic mass is 10.0. The Labute approximate surface area is 185 Å². The van der Waals surface area contributed by atoms with Gasteiger partial charge in [-0.1, -0.05) is 31.5 Å². The largest absolute Gasteiger partial charge is 0.464 e. The van der Waals surface area contributed by atoms with Crippen molar-refractivity contribution in [3.63, 3.8) is 0 Å². The smallest absolute Gasteiger partial charge is 0.328 e. The van der Waals surface area contributed by atoms with E-state index >= 15 is 0 Å². The van der Waals surface area contributed by atoms with Crippen LogP contribution in [-0.2, 0) is 16.0 Å². The van der Waals surface area contributed by atoms with Crippen molar-refractivity contribution in [3.05, 3.63) is 52.1 Å². The molecule has 3 N–H and O–H groups in total. The Morgan fingerprint density at radius 3 is 3.03 bits per heavy atom. The lowest BCUT2D eigenvalue weighted by molar-refractivity contribution is -0.146. The normalized spacial score (nSPS) is 17.0. The number of nitrogens with one attached hydrogen (secondary N) is 3. The van der Waals surface area contributed by atoms with Crippen molar-refractivity contribution in [1.29, 1.82) is 0 Å². The summed E-state index contributed by atoms with van der Waals surface area (Å²) in [7, 11) is 0. The molecule has 1 aliphatic heterocycles. The Hall–Kier alpha value is -2.71. The van der Waals surface area contributed by atoms with Gasteiger partial charge in [0.05, 0.1) is 12.6 Å². The number of aromatic amines is 1. The van der Waals surface area contributed by atoms with E-state index in [-0.39, 0.29) is 11.9 Å². The molecular weight excluding hydrogens is 412 g/mol. The number of fused-ring (bicyclic) bond motifs is 1. The number of aromatic nitrogens is 2. The monoisotopic (exact) mass is 440 g/mol. The number of carbonyl (C=O) groups is 2. The highest BCUT2D eigenvalue weighted by Crippen LogP contribution is 2.26. The minimum atomic E-state index is -0.779. The van der Waals surface area contributed by atoms with Gasteiger partial charge in [0.25, 0.3) is 5.91 Å². The molecule has 2 unspecified atom stereocenters. The predicted octanol–water partition coefficient (Wildman–Crippen LogP) is 3.73. The third-order valence-electron chi connectivity index (χ3n) is 5.54. The maximum absolute atomic E-state index is 12.9. The van der Waals surface area contributed by atoms with Gasteiger partial charge in [-0.3, -0.25) is 4.79 Å². The molecule has 1 saturated heterocycles. The summed E-state index contributed by atoms with van der Waals surface area (Å²) in [5.41, 5.74) is 2.30. The van der Waals surface area contributed by atoms with Gasteiger partial charge in [0, 0.05) is 28.9 Å². The minimum absolute atomic E-state index is 0.215. The zero-order chi connectivity index (χ0) is 21.6. The molecule has 0 spiro atoms. The molecule has 2 aromatic heterocycles. The Morgan fingerprint density at radius 2 is 2.23 bits per heavy atom. The van der Waals surface area contributed by atoms with Crippen molar-refractivity contribution < 1.29 is 14.3 Å². The number of carbonyl (C=O) groups excluding carboxylic acids is 2. The van der Waals surface area contributed by atoms with E-state index in [1.807, 2.05) is 37.4 Å². The number of amides is 1. The molecule has 0 aliphatic carbocycles. The van der Waals surface area contributed by atoms with Crippen molar-refractivity contribution in [2.24, 2.45) is 0 Å². The zero-order valence-electron chi connectivity index (χ0n) is 17.6. The van der Waals surface area contributed by atoms with Crippen LogP contribution in [0.15, 0.2) is 35.8 Å². The molecule has 31 heavy (non-hydrogen) atoms. The fourth-order valence-corrected chi connectivity index (χ4v) is 4.72. The van der Waals surface area contributed by atoms with Crippen LogP contribution in [0, 0.1) is 0 Å². The van der Waals surface area contributed by atoms with Gasteiger partial charge in [-0.15, -0.1) is 11.3 Å². The van der Waals surface area contributed by atoms with Gasteiger partial charge in [0.1, 0.15) is 16.7 Å². The van der Waals surface area contributed by atoms with Crippen LogP contribution in [0.1, 0.15) is 59.7 Å². The second-order valence-corrected chi connectivity index (χ2v) is 8.72. The number of benzene rings is 1. The number of nitrogens with zero attached hydrogens (tertiary/aromatic N) is 1. The molecule has 1 aliphatic rings. The highest BCUT2D eigenvalue weighted by molar-refractivity contribution is 7.09. The molecule has 2 atom stereocenters. The van der Waals surface area contributed by atoms with Crippen LogP contribution in [0.2, 0.25) is 0 Å². The third kappa shape index (κ3) is 5.14. The Kier molecular flexibility index (Phi) is 6.99. The van der Waals surface area contributed by atoms with Crippen LogP contribution in [0.3, 0.4) is 0 Å². The number of rotatable bonds is 9.